The van der Waals surface area contributed by atoms with Gasteiger partial charge in [-0.1, -0.05) is 0 Å². The van der Waals surface area contributed by atoms with E-state index in [1.807, 2.05) is 27.8 Å². The number of pyridine rings is 1. The Hall–Kier alpha value is -2.47. The van der Waals surface area contributed by atoms with E-state index in [-0.39, 0.29) is 5.91 Å². The van der Waals surface area contributed by atoms with Gasteiger partial charge in [-0.2, -0.15) is 0 Å². The van der Waals surface area contributed by atoms with Crippen molar-refractivity contribution in [3.63, 3.8) is 0 Å². The Balaban J connectivity index is 1.54. The van der Waals surface area contributed by atoms with E-state index in [1.165, 1.54) is 10.4 Å². The predicted molar refractivity (Wildman–Crippen MR) is 84.1 cm³/mol. The molecular weight excluding hydrogens is 296 g/mol. The highest BCUT2D eigenvalue weighted by Crippen LogP contribution is 2.25. The molecule has 5 nitrogen and oxygen atoms in total. The summed E-state index contributed by atoms with van der Waals surface area (Å²) in [5.74, 6) is 0.800. The van der Waals surface area contributed by atoms with Crippen LogP contribution in [0.25, 0.3) is 5.82 Å². The van der Waals surface area contributed by atoms with E-state index >= 15 is 0 Å². The Bertz CT molecular complexity index is 792. The molecule has 4 heterocycles. The summed E-state index contributed by atoms with van der Waals surface area (Å²) in [5, 5.41) is 2.10. The van der Waals surface area contributed by atoms with Crippen LogP contribution >= 0.6 is 11.3 Å². The lowest BCUT2D eigenvalue weighted by Gasteiger charge is -2.27. The predicted octanol–water partition coefficient (Wildman–Crippen LogP) is 2.53. The highest BCUT2D eigenvalue weighted by molar-refractivity contribution is 7.10. The molecule has 1 aliphatic heterocycles. The molecule has 1 aliphatic rings. The summed E-state index contributed by atoms with van der Waals surface area (Å²) >= 11 is 1.78. The molecule has 0 aromatic carbocycles. The molecule has 4 rings (SSSR count). The Kier molecular flexibility index (Phi) is 3.23. The maximum Gasteiger partial charge on any atom is 0.255 e. The molecule has 6 heteroatoms. The minimum atomic E-state index is 0.0431. The van der Waals surface area contributed by atoms with E-state index in [0.717, 1.165) is 18.8 Å². The van der Waals surface area contributed by atoms with Crippen molar-refractivity contribution in [2.45, 2.75) is 13.0 Å². The molecule has 3 aromatic rings. The number of nitrogens with zero attached hydrogens (tertiary/aromatic N) is 4. The molecule has 0 atom stereocenters. The number of thiophene rings is 1. The zero-order valence-corrected chi connectivity index (χ0v) is 12.7. The first-order valence-corrected chi connectivity index (χ1v) is 7.98. The van der Waals surface area contributed by atoms with Gasteiger partial charge in [0.25, 0.3) is 5.91 Å². The van der Waals surface area contributed by atoms with Gasteiger partial charge in [-0.3, -0.25) is 9.36 Å². The van der Waals surface area contributed by atoms with Gasteiger partial charge in [0.2, 0.25) is 0 Å². The molecular formula is C16H14N4OS. The van der Waals surface area contributed by atoms with E-state index in [2.05, 4.69) is 21.4 Å². The average Bonchev–Trinajstić information content (AvgIpc) is 3.25. The fraction of sp³-hybridized carbons (Fsp3) is 0.188. The highest BCUT2D eigenvalue weighted by atomic mass is 32.1. The molecule has 0 bridgehead atoms. The summed E-state index contributed by atoms with van der Waals surface area (Å²) in [6.07, 6.45) is 7.80. The number of hydrogen-bond donors (Lipinski definition) is 0. The second-order valence-corrected chi connectivity index (χ2v) is 6.22. The van der Waals surface area contributed by atoms with Gasteiger partial charge in [-0.25, -0.2) is 9.97 Å². The second-order valence-electron chi connectivity index (χ2n) is 5.22. The lowest BCUT2D eigenvalue weighted by molar-refractivity contribution is 0.0735. The molecule has 22 heavy (non-hydrogen) atoms. The van der Waals surface area contributed by atoms with Crippen LogP contribution in [-0.4, -0.2) is 31.9 Å². The van der Waals surface area contributed by atoms with E-state index in [4.69, 9.17) is 0 Å². The fourth-order valence-corrected chi connectivity index (χ4v) is 3.55. The van der Waals surface area contributed by atoms with Crippen molar-refractivity contribution < 1.29 is 4.79 Å². The molecule has 0 fully saturated rings. The molecule has 110 valence electrons. The minimum Gasteiger partial charge on any atom is -0.334 e. The van der Waals surface area contributed by atoms with Crippen LogP contribution in [0.2, 0.25) is 0 Å². The first-order chi connectivity index (χ1) is 10.8. The van der Waals surface area contributed by atoms with Gasteiger partial charge >= 0.3 is 0 Å². The topological polar surface area (TPSA) is 51.0 Å². The first kappa shape index (κ1) is 13.2. The Morgan fingerprint density at radius 1 is 1.27 bits per heavy atom. The maximum atomic E-state index is 12.6. The molecule has 0 aliphatic carbocycles. The molecule has 0 radical (unpaired) electrons. The first-order valence-electron chi connectivity index (χ1n) is 7.10. The van der Waals surface area contributed by atoms with E-state index in [0.29, 0.717) is 12.1 Å². The monoisotopic (exact) mass is 310 g/mol. The number of amides is 1. The summed E-state index contributed by atoms with van der Waals surface area (Å²) in [6, 6.07) is 5.78. The van der Waals surface area contributed by atoms with Crippen molar-refractivity contribution in [1.82, 2.24) is 19.4 Å². The Morgan fingerprint density at radius 2 is 2.23 bits per heavy atom. The molecule has 0 N–H and O–H groups in total. The maximum absolute atomic E-state index is 12.6. The van der Waals surface area contributed by atoms with Gasteiger partial charge in [-0.15, -0.1) is 11.3 Å². The van der Waals surface area contributed by atoms with Crippen LogP contribution in [0.4, 0.5) is 0 Å². The van der Waals surface area contributed by atoms with Crippen molar-refractivity contribution in [3.8, 4) is 5.82 Å². The molecule has 0 saturated heterocycles. The van der Waals surface area contributed by atoms with Gasteiger partial charge in [0.1, 0.15) is 12.1 Å². The summed E-state index contributed by atoms with van der Waals surface area (Å²) in [4.78, 5) is 24.2. The van der Waals surface area contributed by atoms with Gasteiger partial charge in [-0.05, 0) is 35.6 Å². The van der Waals surface area contributed by atoms with Crippen molar-refractivity contribution >= 4 is 17.2 Å². The van der Waals surface area contributed by atoms with Crippen LogP contribution in [-0.2, 0) is 13.0 Å². The van der Waals surface area contributed by atoms with Gasteiger partial charge in [0.05, 0.1) is 5.56 Å². The Labute approximate surface area is 131 Å². The highest BCUT2D eigenvalue weighted by Gasteiger charge is 2.22. The van der Waals surface area contributed by atoms with Gasteiger partial charge in [0, 0.05) is 36.6 Å². The Morgan fingerprint density at radius 3 is 3.00 bits per heavy atom. The SMILES string of the molecule is O=C(c1ccc(-n2ccnc2)nc1)N1CCc2sccc2C1. The van der Waals surface area contributed by atoms with Crippen molar-refractivity contribution in [2.24, 2.45) is 0 Å². The number of carbonyl (C=O) groups excluding carboxylic acids is 1. The minimum absolute atomic E-state index is 0.0431. The van der Waals surface area contributed by atoms with E-state index < -0.39 is 0 Å². The molecule has 1 amide bonds. The smallest absolute Gasteiger partial charge is 0.255 e. The lowest BCUT2D eigenvalue weighted by Crippen LogP contribution is -2.35. The van der Waals surface area contributed by atoms with Crippen LogP contribution in [0.3, 0.4) is 0 Å². The number of fused-ring (bicyclic) bond motifs is 1. The molecule has 0 spiro atoms. The molecule has 0 unspecified atom stereocenters. The normalized spacial score (nSPS) is 13.9. The van der Waals surface area contributed by atoms with Crippen LogP contribution in [0.1, 0.15) is 20.8 Å². The third-order valence-corrected chi connectivity index (χ3v) is 4.88. The lowest BCUT2D eigenvalue weighted by atomic mass is 10.1. The van der Waals surface area contributed by atoms with Crippen molar-refractivity contribution in [2.75, 3.05) is 6.54 Å². The zero-order valence-electron chi connectivity index (χ0n) is 11.8. The van der Waals surface area contributed by atoms with Crippen molar-refractivity contribution in [3.05, 3.63) is 64.5 Å². The van der Waals surface area contributed by atoms with Crippen molar-refractivity contribution in [1.29, 1.82) is 0 Å². The number of carbonyl (C=O) groups is 1. The van der Waals surface area contributed by atoms with E-state index in [1.54, 1.807) is 30.1 Å². The van der Waals surface area contributed by atoms with E-state index in [9.17, 15) is 4.79 Å². The third-order valence-electron chi connectivity index (χ3n) is 3.86. The number of hydrogen-bond acceptors (Lipinski definition) is 4. The third kappa shape index (κ3) is 2.31. The summed E-state index contributed by atoms with van der Waals surface area (Å²) in [6.45, 7) is 1.47. The van der Waals surface area contributed by atoms with Crippen LogP contribution in [0.5, 0.6) is 0 Å². The average molecular weight is 310 g/mol. The van der Waals surface area contributed by atoms with Crippen LogP contribution in [0.15, 0.2) is 48.5 Å². The van der Waals surface area contributed by atoms with Gasteiger partial charge in [0.15, 0.2) is 0 Å². The van der Waals surface area contributed by atoms with Gasteiger partial charge < -0.3 is 4.90 Å². The number of rotatable bonds is 2. The zero-order chi connectivity index (χ0) is 14.9. The van der Waals surface area contributed by atoms with Crippen LogP contribution in [0, 0.1) is 0 Å². The summed E-state index contributed by atoms with van der Waals surface area (Å²) in [7, 11) is 0. The second kappa shape index (κ2) is 5.38. The largest absolute Gasteiger partial charge is 0.334 e. The summed E-state index contributed by atoms with van der Waals surface area (Å²) in [5.41, 5.74) is 1.90. The quantitative estimate of drug-likeness (QED) is 0.731. The fourth-order valence-electron chi connectivity index (χ4n) is 2.66. The number of imidazole rings is 1. The standard InChI is InChI=1S/C16H14N4OS/c21-16(19-6-3-14-13(10-19)4-8-22-14)12-1-2-15(18-9-12)20-7-5-17-11-20/h1-2,4-5,7-9,11H,3,6,10H2. The van der Waals surface area contributed by atoms with Crippen LogP contribution < -0.4 is 0 Å². The summed E-state index contributed by atoms with van der Waals surface area (Å²) < 4.78 is 1.81. The number of aromatic nitrogens is 3. The molecule has 0 saturated carbocycles. The molecule has 3 aromatic heterocycles.